The molecule has 30 heteroatoms. The molecule has 0 radical (unpaired) electrons. The highest BCUT2D eigenvalue weighted by atomic mass is 32.2. The van der Waals surface area contributed by atoms with E-state index in [2.05, 4.69) is 63.8 Å². The number of benzene rings is 1. The Kier molecular flexibility index (Phi) is 31.0. The van der Waals surface area contributed by atoms with Crippen LogP contribution in [0, 0.1) is 11.8 Å². The molecule has 3 rings (SSSR count). The first kappa shape index (κ1) is 74.4. The minimum atomic E-state index is -1.57. The number of rotatable bonds is 23. The van der Waals surface area contributed by atoms with Gasteiger partial charge in [-0.25, -0.2) is 0 Å². The predicted molar refractivity (Wildman–Crippen MR) is 351 cm³/mol. The molecule has 0 aromatic heterocycles. The second-order valence-corrected chi connectivity index (χ2v) is 26.1. The van der Waals surface area contributed by atoms with E-state index in [4.69, 9.17) is 48.9 Å². The standard InChI is InChI=1S/C56H86N14O10S6/c1-27(2)40-51(79)58-29(5)46(74)63-38(24-36-18-16-15-17-19-36)49(77)68-43(44(72)39-25-69(12)26-70(39)13)50(78)57-21-23-86-35(11)42(52(80)65-40)67-47(75)31(7)60-54(82)33(9)62-53(81)32(8)59-45(73)30(6)61-55(83)37(20-22-85-14)64-56(84)41(28(3)4)66-48(76)34(10)71/h15-19,21,23,25,27-33,35,37-38,40-44,72H,20,22,24,26H2,1-14H3,(H,57,78)(H,58,79)(H,59,73)(H,60,82)(H,61,83)(H,62,81)(H,63,74)(H,64,84)(H,65,80)(H,66,76)(H,67,75)(H,68,77)/p+1/b23-21-/t29-,30+,31+,32+,33+,35-,37-,38+,40+,41-,42+,43+,44-/m1/s1. The fourth-order valence-corrected chi connectivity index (χ4v) is 11.2. The molecule has 1 aromatic rings. The number of nitrogens with zero attached hydrogens (tertiary/aromatic N) is 1. The van der Waals surface area contributed by atoms with Crippen molar-refractivity contribution in [1.82, 2.24) is 68.7 Å². The van der Waals surface area contributed by atoms with E-state index in [1.807, 2.05) is 27.2 Å². The second kappa shape index (κ2) is 35.8. The molecular weight excluding hydrogens is 1220 g/mol. The van der Waals surface area contributed by atoms with Crippen molar-refractivity contribution in [2.75, 3.05) is 32.8 Å². The van der Waals surface area contributed by atoms with Crippen molar-refractivity contribution in [3.05, 3.63) is 59.4 Å². The van der Waals surface area contributed by atoms with Gasteiger partial charge in [0.05, 0.1) is 51.2 Å². The van der Waals surface area contributed by atoms with Crippen LogP contribution in [-0.4, -0.2) is 194 Å². The molecule has 24 nitrogen and oxygen atoms in total. The van der Waals surface area contributed by atoms with Crippen molar-refractivity contribution < 1.29 is 53.2 Å². The van der Waals surface area contributed by atoms with E-state index in [9.17, 15) is 48.3 Å². The fourth-order valence-electron chi connectivity index (χ4n) is 8.66. The number of hydrogen-bond acceptors (Lipinski definition) is 17. The van der Waals surface area contributed by atoms with Crippen molar-refractivity contribution in [1.29, 1.82) is 0 Å². The lowest BCUT2D eigenvalue weighted by molar-refractivity contribution is -0.826. The Morgan fingerprint density at radius 2 is 1.30 bits per heavy atom. The first-order valence-electron chi connectivity index (χ1n) is 28.2. The SMILES string of the molecule is CSCC[C@@H](NC(=S)[C@H](NC(=O)C(C)=O)C(C)C)C(=S)N[C@@H](C)C(=O)N[C@@H](C)C(=S)N[C@@H](C)C(=S)N[C@@H](C)C(=O)N[C@@H]1C(=O)N[C@@H](C(C)C)C(=O)N[C@H](C)C(=O)N[C@@H](Cc2ccccc2)C(=O)N[C@@H]([C@H](O)C2=C[NH+](C)CN2C)C(=O)N/C=C\S[C@@H]1C. The number of aliphatic hydroxyl groups is 1. The number of carbonyl (C=O) groups is 9. The third kappa shape index (κ3) is 23.3. The zero-order chi connectivity index (χ0) is 64.9. The van der Waals surface area contributed by atoms with Gasteiger partial charge in [-0.2, -0.15) is 11.8 Å². The second-order valence-electron chi connectivity index (χ2n) is 22.1. The fraction of sp³-hybridized carbons (Fsp3) is 0.589. The summed E-state index contributed by atoms with van der Waals surface area (Å²) in [6, 6.07) is -2.19. The monoisotopic (exact) mass is 1310 g/mol. The number of carbonyl (C=O) groups excluding carboxylic acids is 9. The van der Waals surface area contributed by atoms with Crippen LogP contribution in [0.25, 0.3) is 0 Å². The summed E-state index contributed by atoms with van der Waals surface area (Å²) >= 11 is 25.4. The quantitative estimate of drug-likeness (QED) is 0.0455. The van der Waals surface area contributed by atoms with E-state index >= 15 is 0 Å². The highest BCUT2D eigenvalue weighted by Gasteiger charge is 2.39. The predicted octanol–water partition coefficient (Wildman–Crippen LogP) is -1.14. The highest BCUT2D eigenvalue weighted by molar-refractivity contribution is 8.02. The molecule has 476 valence electrons. The van der Waals surface area contributed by atoms with Crippen molar-refractivity contribution >= 4 is 145 Å². The van der Waals surface area contributed by atoms with Gasteiger partial charge in [0, 0.05) is 31.8 Å². The number of hydrogen-bond donors (Lipinski definition) is 14. The first-order chi connectivity index (χ1) is 40.3. The summed E-state index contributed by atoms with van der Waals surface area (Å²) in [6.45, 7) is 18.3. The molecule has 0 saturated heterocycles. The largest absolute Gasteiger partial charge is 0.384 e. The van der Waals surface area contributed by atoms with Gasteiger partial charge in [-0.15, -0.1) is 11.8 Å². The Bertz CT molecular complexity index is 2710. The van der Waals surface area contributed by atoms with E-state index in [0.29, 0.717) is 35.1 Å². The van der Waals surface area contributed by atoms with Crippen LogP contribution in [0.1, 0.15) is 88.1 Å². The van der Waals surface area contributed by atoms with E-state index in [-0.39, 0.29) is 27.3 Å². The number of ketones is 1. The number of quaternary nitrogens is 1. The van der Waals surface area contributed by atoms with E-state index in [1.54, 1.807) is 102 Å². The maximum absolute atomic E-state index is 14.4. The zero-order valence-electron chi connectivity index (χ0n) is 51.1. The number of thiocarbonyl (C=S) groups is 4. The zero-order valence-corrected chi connectivity index (χ0v) is 56.0. The Morgan fingerprint density at radius 3 is 1.87 bits per heavy atom. The maximum atomic E-state index is 14.4. The summed E-state index contributed by atoms with van der Waals surface area (Å²) < 4.78 is 0. The number of Topliss-reactive ketones (excluding diaryl/α,β-unsaturated/α-hetero) is 1. The van der Waals surface area contributed by atoms with Gasteiger partial charge in [-0.05, 0) is 75.9 Å². The summed E-state index contributed by atoms with van der Waals surface area (Å²) in [5, 5.41) is 46.5. The molecule has 0 aliphatic carbocycles. The molecule has 2 aliphatic heterocycles. The van der Waals surface area contributed by atoms with Crippen molar-refractivity contribution in [2.24, 2.45) is 11.8 Å². The lowest BCUT2D eigenvalue weighted by Gasteiger charge is -2.30. The summed E-state index contributed by atoms with van der Waals surface area (Å²) in [6.07, 6.45) is 3.92. The number of thioether (sulfide) groups is 2. The van der Waals surface area contributed by atoms with Crippen LogP contribution in [0.2, 0.25) is 0 Å². The molecule has 8 amide bonds. The molecule has 86 heavy (non-hydrogen) atoms. The minimum Gasteiger partial charge on any atom is -0.384 e. The average Bonchev–Trinajstić information content (AvgIpc) is 3.37. The molecule has 14 N–H and O–H groups in total. The maximum Gasteiger partial charge on any atom is 0.287 e. The molecule has 2 aliphatic rings. The van der Waals surface area contributed by atoms with Gasteiger partial charge in [0.1, 0.15) is 60.3 Å². The van der Waals surface area contributed by atoms with Gasteiger partial charge >= 0.3 is 0 Å². The molecule has 2 heterocycles. The smallest absolute Gasteiger partial charge is 0.287 e. The first-order valence-corrected chi connectivity index (χ1v) is 32.2. The molecule has 0 saturated carbocycles. The normalized spacial score (nSPS) is 23.5. The summed E-state index contributed by atoms with van der Waals surface area (Å²) in [4.78, 5) is 126. The van der Waals surface area contributed by atoms with Crippen LogP contribution < -0.4 is 68.7 Å². The number of likely N-dealkylation sites (N-methyl/N-ethyl adjacent to an activating group) is 1. The third-order valence-electron chi connectivity index (χ3n) is 13.9. The van der Waals surface area contributed by atoms with Gasteiger partial charge in [-0.1, -0.05) is 114 Å². The lowest BCUT2D eigenvalue weighted by atomic mass is 10.0. The Hall–Kier alpha value is -5.89. The van der Waals surface area contributed by atoms with E-state index in [0.717, 1.165) is 16.7 Å². The summed E-state index contributed by atoms with van der Waals surface area (Å²) in [5.41, 5.74) is 1.05. The van der Waals surface area contributed by atoms with Crippen LogP contribution in [-0.2, 0) is 49.6 Å². The number of nitrogens with one attached hydrogen (secondary N) is 13. The van der Waals surface area contributed by atoms with Gasteiger partial charge in [0.25, 0.3) is 5.91 Å². The Labute approximate surface area is 534 Å². The van der Waals surface area contributed by atoms with Gasteiger partial charge < -0.3 is 73.8 Å². The molecule has 1 aromatic carbocycles. The van der Waals surface area contributed by atoms with Gasteiger partial charge in [-0.3, -0.25) is 48.1 Å². The van der Waals surface area contributed by atoms with Crippen molar-refractivity contribution in [2.45, 2.75) is 167 Å². The van der Waals surface area contributed by atoms with Crippen LogP contribution >= 0.6 is 72.4 Å². The Morgan fingerprint density at radius 1 is 0.721 bits per heavy atom. The van der Waals surface area contributed by atoms with Crippen LogP contribution in [0.5, 0.6) is 0 Å². The summed E-state index contributed by atoms with van der Waals surface area (Å²) in [5.74, 6) is -6.28. The molecule has 1 unspecified atom stereocenters. The van der Waals surface area contributed by atoms with E-state index in [1.165, 1.54) is 32.4 Å². The van der Waals surface area contributed by atoms with Crippen molar-refractivity contribution in [3.63, 3.8) is 0 Å². The topological polar surface area (TPSA) is 326 Å². The minimum absolute atomic E-state index is 0.0144. The van der Waals surface area contributed by atoms with Gasteiger partial charge in [0.2, 0.25) is 47.1 Å². The highest BCUT2D eigenvalue weighted by Crippen LogP contribution is 2.19. The van der Waals surface area contributed by atoms with Gasteiger partial charge in [0.15, 0.2) is 6.67 Å². The van der Waals surface area contributed by atoms with Crippen LogP contribution in [0.3, 0.4) is 0 Å². The third-order valence-corrected chi connectivity index (χ3v) is 17.2. The molecule has 0 spiro atoms. The van der Waals surface area contributed by atoms with E-state index < -0.39 is 137 Å². The summed E-state index contributed by atoms with van der Waals surface area (Å²) in [7, 11) is 3.60. The van der Waals surface area contributed by atoms with Crippen LogP contribution in [0.15, 0.2) is 53.8 Å². The number of aliphatic hydroxyl groups excluding tert-OH is 1. The molecule has 0 fully saturated rings. The van der Waals surface area contributed by atoms with Crippen LogP contribution in [0.4, 0.5) is 0 Å². The Balaban J connectivity index is 1.78. The molecular formula is C56H87N14O10S6+. The van der Waals surface area contributed by atoms with Crippen molar-refractivity contribution in [3.8, 4) is 0 Å². The molecule has 14 atom stereocenters. The lowest BCUT2D eigenvalue weighted by Crippen LogP contribution is -3.03. The number of amides is 8. The molecule has 0 bridgehead atoms. The average molecular weight is 1310 g/mol.